The van der Waals surface area contributed by atoms with Crippen molar-refractivity contribution in [2.75, 3.05) is 4.90 Å². The fraction of sp³-hybridized carbons (Fsp3) is 0. The van der Waals surface area contributed by atoms with Crippen molar-refractivity contribution in [2.45, 2.75) is 0 Å². The molecule has 58 heavy (non-hydrogen) atoms. The summed E-state index contributed by atoms with van der Waals surface area (Å²) in [7, 11) is 0. The third kappa shape index (κ3) is 6.00. The van der Waals surface area contributed by atoms with Crippen LogP contribution in [0, 0.1) is 0 Å². The summed E-state index contributed by atoms with van der Waals surface area (Å²) in [4.78, 5) is 2.38. The van der Waals surface area contributed by atoms with Gasteiger partial charge in [0.2, 0.25) is 0 Å². The third-order valence-electron chi connectivity index (χ3n) is 11.5. The molecule has 0 aliphatic rings. The van der Waals surface area contributed by atoms with E-state index in [0.29, 0.717) is 0 Å². The van der Waals surface area contributed by atoms with Gasteiger partial charge in [-0.2, -0.15) is 0 Å². The summed E-state index contributed by atoms with van der Waals surface area (Å²) >= 11 is 0. The summed E-state index contributed by atoms with van der Waals surface area (Å²) in [6.07, 6.45) is 0. The largest absolute Gasteiger partial charge is 0.456 e. The zero-order chi connectivity index (χ0) is 38.4. The normalized spacial score (nSPS) is 11.4. The predicted molar refractivity (Wildman–Crippen MR) is 245 cm³/mol. The van der Waals surface area contributed by atoms with Gasteiger partial charge < -0.3 is 9.32 Å². The number of furan rings is 1. The quantitative estimate of drug-likeness (QED) is 0.151. The number of hydrogen-bond donors (Lipinski definition) is 0. The first kappa shape index (κ1) is 33.6. The Morgan fingerprint density at radius 3 is 1.55 bits per heavy atom. The highest BCUT2D eigenvalue weighted by molar-refractivity contribution is 6.09. The van der Waals surface area contributed by atoms with E-state index in [-0.39, 0.29) is 0 Å². The molecular formula is C56H37NO. The molecule has 0 saturated carbocycles. The minimum Gasteiger partial charge on any atom is -0.456 e. The van der Waals surface area contributed by atoms with Crippen LogP contribution >= 0.6 is 0 Å². The Hall–Kier alpha value is -7.68. The van der Waals surface area contributed by atoms with Crippen LogP contribution in [0.1, 0.15) is 0 Å². The Labute approximate surface area is 337 Å². The highest BCUT2D eigenvalue weighted by Crippen LogP contribution is 2.43. The van der Waals surface area contributed by atoms with Gasteiger partial charge in [-0.3, -0.25) is 0 Å². The SMILES string of the molecule is c1ccc(-c2ccc(-c3ccccc3N(c3ccc(-c4ccc5c(ccc6ccccc65)c4)cc3)c3ccc(-c4ccc5oc6ccccc6c5c4)cc3)cc2)cc1. The number of rotatable bonds is 7. The van der Waals surface area contributed by atoms with Crippen LogP contribution in [0.3, 0.4) is 0 Å². The molecule has 0 amide bonds. The Bertz CT molecular complexity index is 3250. The monoisotopic (exact) mass is 739 g/mol. The standard InChI is InChI=1S/C56H37NO/c1-2-10-38(11-3-1)39-18-20-43(21-19-39)51-14-6-8-16-54(51)57(48-32-26-41(27-33-48)45-29-35-56-53(37-45)52-15-7-9-17-55(52)58-56)47-30-24-40(25-31-47)44-28-34-50-46(36-44)23-22-42-12-4-5-13-49(42)50/h1-37H. The van der Waals surface area contributed by atoms with Gasteiger partial charge in [-0.05, 0) is 115 Å². The third-order valence-corrected chi connectivity index (χ3v) is 11.5. The summed E-state index contributed by atoms with van der Waals surface area (Å²) in [6.45, 7) is 0. The molecule has 0 aliphatic carbocycles. The summed E-state index contributed by atoms with van der Waals surface area (Å²) in [5.74, 6) is 0. The van der Waals surface area contributed by atoms with Gasteiger partial charge in [0, 0.05) is 27.7 Å². The summed E-state index contributed by atoms with van der Waals surface area (Å²) in [5, 5.41) is 7.34. The molecule has 0 saturated heterocycles. The Morgan fingerprint density at radius 2 is 0.776 bits per heavy atom. The van der Waals surface area contributed by atoms with Crippen molar-refractivity contribution in [1.29, 1.82) is 0 Å². The number of fused-ring (bicyclic) bond motifs is 6. The number of para-hydroxylation sites is 2. The van der Waals surface area contributed by atoms with E-state index in [2.05, 4.69) is 217 Å². The highest BCUT2D eigenvalue weighted by Gasteiger charge is 2.18. The molecule has 0 bridgehead atoms. The van der Waals surface area contributed by atoms with Crippen LogP contribution in [-0.4, -0.2) is 0 Å². The Morgan fingerprint density at radius 1 is 0.276 bits per heavy atom. The number of benzene rings is 10. The van der Waals surface area contributed by atoms with E-state index < -0.39 is 0 Å². The fourth-order valence-corrected chi connectivity index (χ4v) is 8.52. The average Bonchev–Trinajstić information content (AvgIpc) is 3.68. The van der Waals surface area contributed by atoms with Gasteiger partial charge in [0.05, 0.1) is 5.69 Å². The molecule has 2 nitrogen and oxygen atoms in total. The van der Waals surface area contributed by atoms with Gasteiger partial charge in [0.1, 0.15) is 11.2 Å². The lowest BCUT2D eigenvalue weighted by Crippen LogP contribution is -2.11. The second-order valence-electron chi connectivity index (χ2n) is 14.9. The van der Waals surface area contributed by atoms with E-state index >= 15 is 0 Å². The molecule has 272 valence electrons. The smallest absolute Gasteiger partial charge is 0.135 e. The predicted octanol–water partition coefficient (Wildman–Crippen LogP) is 16.0. The van der Waals surface area contributed by atoms with Gasteiger partial charge in [-0.25, -0.2) is 0 Å². The summed E-state index contributed by atoms with van der Waals surface area (Å²) < 4.78 is 6.13. The van der Waals surface area contributed by atoms with Crippen LogP contribution in [0.15, 0.2) is 229 Å². The van der Waals surface area contributed by atoms with E-state index in [0.717, 1.165) is 61.3 Å². The van der Waals surface area contributed by atoms with Crippen molar-refractivity contribution in [2.24, 2.45) is 0 Å². The van der Waals surface area contributed by atoms with Gasteiger partial charge in [-0.1, -0.05) is 170 Å². The summed E-state index contributed by atoms with van der Waals surface area (Å²) in [6, 6.07) is 80.8. The number of anilines is 3. The maximum absolute atomic E-state index is 6.13. The molecule has 1 heterocycles. The van der Waals surface area contributed by atoms with E-state index in [4.69, 9.17) is 4.42 Å². The lowest BCUT2D eigenvalue weighted by atomic mass is 9.96. The molecule has 10 aromatic carbocycles. The van der Waals surface area contributed by atoms with Crippen LogP contribution < -0.4 is 4.90 Å². The maximum atomic E-state index is 6.13. The molecule has 0 aliphatic heterocycles. The van der Waals surface area contributed by atoms with Crippen molar-refractivity contribution in [3.05, 3.63) is 224 Å². The van der Waals surface area contributed by atoms with Crippen LogP contribution in [0.5, 0.6) is 0 Å². The van der Waals surface area contributed by atoms with Gasteiger partial charge >= 0.3 is 0 Å². The zero-order valence-corrected chi connectivity index (χ0v) is 31.7. The second-order valence-corrected chi connectivity index (χ2v) is 14.9. The van der Waals surface area contributed by atoms with Crippen molar-refractivity contribution >= 4 is 60.5 Å². The summed E-state index contributed by atoms with van der Waals surface area (Å²) in [5.41, 5.74) is 14.5. The lowest BCUT2D eigenvalue weighted by Gasteiger charge is -2.28. The fourth-order valence-electron chi connectivity index (χ4n) is 8.52. The van der Waals surface area contributed by atoms with Crippen molar-refractivity contribution in [1.82, 2.24) is 0 Å². The maximum Gasteiger partial charge on any atom is 0.135 e. The van der Waals surface area contributed by atoms with Crippen LogP contribution in [0.4, 0.5) is 17.1 Å². The molecule has 0 N–H and O–H groups in total. The Kier molecular flexibility index (Phi) is 8.19. The molecule has 0 fully saturated rings. The molecule has 2 heteroatoms. The minimum absolute atomic E-state index is 0.904. The molecule has 11 aromatic rings. The first-order chi connectivity index (χ1) is 28.7. The zero-order valence-electron chi connectivity index (χ0n) is 31.7. The number of hydrogen-bond acceptors (Lipinski definition) is 2. The molecule has 0 atom stereocenters. The second kappa shape index (κ2) is 14.1. The topological polar surface area (TPSA) is 16.4 Å². The molecule has 11 rings (SSSR count). The minimum atomic E-state index is 0.904. The number of nitrogens with zero attached hydrogens (tertiary/aromatic N) is 1. The molecular weight excluding hydrogens is 703 g/mol. The van der Waals surface area contributed by atoms with Crippen molar-refractivity contribution in [3.8, 4) is 44.5 Å². The molecule has 0 unspecified atom stereocenters. The van der Waals surface area contributed by atoms with Gasteiger partial charge in [0.25, 0.3) is 0 Å². The van der Waals surface area contributed by atoms with Crippen LogP contribution in [0.2, 0.25) is 0 Å². The van der Waals surface area contributed by atoms with E-state index in [1.54, 1.807) is 0 Å². The molecule has 0 spiro atoms. The van der Waals surface area contributed by atoms with Crippen LogP contribution in [-0.2, 0) is 0 Å². The van der Waals surface area contributed by atoms with Crippen LogP contribution in [0.25, 0.3) is 88.0 Å². The first-order valence-electron chi connectivity index (χ1n) is 19.8. The van der Waals surface area contributed by atoms with E-state index in [1.807, 2.05) is 12.1 Å². The van der Waals surface area contributed by atoms with Gasteiger partial charge in [-0.15, -0.1) is 0 Å². The Balaban J connectivity index is 0.994. The first-order valence-corrected chi connectivity index (χ1v) is 19.8. The molecule has 1 aromatic heterocycles. The molecule has 0 radical (unpaired) electrons. The van der Waals surface area contributed by atoms with Crippen molar-refractivity contribution < 1.29 is 4.42 Å². The van der Waals surface area contributed by atoms with Crippen molar-refractivity contribution in [3.63, 3.8) is 0 Å². The van der Waals surface area contributed by atoms with Gasteiger partial charge in [0.15, 0.2) is 0 Å². The highest BCUT2D eigenvalue weighted by atomic mass is 16.3. The lowest BCUT2D eigenvalue weighted by molar-refractivity contribution is 0.669. The average molecular weight is 740 g/mol. The van der Waals surface area contributed by atoms with E-state index in [9.17, 15) is 0 Å². The van der Waals surface area contributed by atoms with E-state index in [1.165, 1.54) is 43.8 Å².